The molecular formula is C12H16N2O3. The van der Waals surface area contributed by atoms with E-state index in [1.807, 2.05) is 6.08 Å². The van der Waals surface area contributed by atoms with E-state index in [9.17, 15) is 9.90 Å². The van der Waals surface area contributed by atoms with Crippen molar-refractivity contribution in [3.05, 3.63) is 12.7 Å². The number of ether oxygens (including phenoxy) is 1. The van der Waals surface area contributed by atoms with E-state index in [2.05, 4.69) is 12.6 Å². The number of fused-ring (bicyclic) bond motifs is 2. The van der Waals surface area contributed by atoms with Crippen LogP contribution in [0.5, 0.6) is 0 Å². The fourth-order valence-corrected chi connectivity index (χ4v) is 2.99. The van der Waals surface area contributed by atoms with Gasteiger partial charge in [-0.2, -0.15) is 5.26 Å². The molecule has 2 unspecified atom stereocenters. The average Bonchev–Trinajstić information content (AvgIpc) is 2.28. The van der Waals surface area contributed by atoms with Crippen molar-refractivity contribution in [1.29, 1.82) is 5.26 Å². The summed E-state index contributed by atoms with van der Waals surface area (Å²) in [5.41, 5.74) is -0.250. The van der Waals surface area contributed by atoms with Crippen LogP contribution in [0.1, 0.15) is 19.3 Å². The number of amides is 1. The lowest BCUT2D eigenvalue weighted by Crippen LogP contribution is -2.60. The molecule has 0 spiro atoms. The first-order chi connectivity index (χ1) is 8.12. The van der Waals surface area contributed by atoms with Gasteiger partial charge in [-0.05, 0) is 12.8 Å². The molecule has 1 amide bonds. The van der Waals surface area contributed by atoms with Crippen molar-refractivity contribution in [1.82, 2.24) is 4.90 Å². The normalized spacial score (nSPS) is 36.1. The molecular weight excluding hydrogens is 220 g/mol. The van der Waals surface area contributed by atoms with Crippen LogP contribution < -0.4 is 0 Å². The molecule has 2 aliphatic rings. The number of hydrogen-bond acceptors (Lipinski definition) is 3. The van der Waals surface area contributed by atoms with E-state index in [4.69, 9.17) is 10.00 Å². The van der Waals surface area contributed by atoms with Crippen molar-refractivity contribution in [2.24, 2.45) is 5.41 Å². The molecule has 17 heavy (non-hydrogen) atoms. The highest BCUT2D eigenvalue weighted by atomic mass is 16.5. The van der Waals surface area contributed by atoms with Crippen LogP contribution in [-0.4, -0.2) is 41.4 Å². The molecule has 0 radical (unpaired) electrons. The van der Waals surface area contributed by atoms with Crippen molar-refractivity contribution < 1.29 is 14.6 Å². The number of carbonyl (C=O) groups is 1. The van der Waals surface area contributed by atoms with E-state index in [-0.39, 0.29) is 17.5 Å². The minimum Gasteiger partial charge on any atom is -0.465 e. The molecule has 2 aliphatic heterocycles. The SMILES string of the molecule is C=CC1(CC#N)CC2COCC(C1)N2C(=O)O. The summed E-state index contributed by atoms with van der Waals surface area (Å²) in [4.78, 5) is 12.7. The molecule has 5 nitrogen and oxygen atoms in total. The number of nitriles is 1. The summed E-state index contributed by atoms with van der Waals surface area (Å²) < 4.78 is 5.41. The Morgan fingerprint density at radius 3 is 2.59 bits per heavy atom. The Bertz CT molecular complexity index is 360. The van der Waals surface area contributed by atoms with Gasteiger partial charge in [0.2, 0.25) is 0 Å². The Morgan fingerprint density at radius 2 is 2.18 bits per heavy atom. The third kappa shape index (κ3) is 2.01. The van der Waals surface area contributed by atoms with Crippen LogP contribution in [0.2, 0.25) is 0 Å². The molecule has 2 rings (SSSR count). The van der Waals surface area contributed by atoms with Gasteiger partial charge in [-0.15, -0.1) is 6.58 Å². The Hall–Kier alpha value is -1.54. The fraction of sp³-hybridized carbons (Fsp3) is 0.667. The van der Waals surface area contributed by atoms with Crippen molar-refractivity contribution >= 4 is 6.09 Å². The second-order valence-electron chi connectivity index (χ2n) is 4.84. The van der Waals surface area contributed by atoms with Crippen LogP contribution in [0.3, 0.4) is 0 Å². The lowest BCUT2D eigenvalue weighted by atomic mass is 9.70. The van der Waals surface area contributed by atoms with Crippen molar-refractivity contribution in [2.45, 2.75) is 31.3 Å². The molecule has 0 saturated carbocycles. The van der Waals surface area contributed by atoms with Gasteiger partial charge in [-0.1, -0.05) is 6.08 Å². The van der Waals surface area contributed by atoms with Crippen molar-refractivity contribution in [3.63, 3.8) is 0 Å². The van der Waals surface area contributed by atoms with Gasteiger partial charge in [0.25, 0.3) is 0 Å². The Balaban J connectivity index is 2.24. The molecule has 2 fully saturated rings. The predicted octanol–water partition coefficient (Wildman–Crippen LogP) is 1.61. The van der Waals surface area contributed by atoms with Crippen LogP contribution in [0.25, 0.3) is 0 Å². The number of allylic oxidation sites excluding steroid dienone is 1. The smallest absolute Gasteiger partial charge is 0.407 e. The van der Waals surface area contributed by atoms with Gasteiger partial charge in [-0.25, -0.2) is 4.79 Å². The standard InChI is InChI=1S/C12H16N2O3/c1-2-12(3-4-13)5-9-7-17-8-10(6-12)14(9)11(15)16/h2,9-10H,1,3,5-8H2,(H,15,16). The number of morpholine rings is 1. The highest BCUT2D eigenvalue weighted by molar-refractivity contribution is 5.66. The van der Waals surface area contributed by atoms with Gasteiger partial charge in [-0.3, -0.25) is 4.90 Å². The van der Waals surface area contributed by atoms with Crippen LogP contribution >= 0.6 is 0 Å². The Kier molecular flexibility index (Phi) is 3.07. The molecule has 2 bridgehead atoms. The van der Waals surface area contributed by atoms with E-state index in [1.165, 1.54) is 4.90 Å². The van der Waals surface area contributed by atoms with Gasteiger partial charge in [0.05, 0.1) is 31.4 Å². The van der Waals surface area contributed by atoms with Crippen LogP contribution in [0.15, 0.2) is 12.7 Å². The Labute approximate surface area is 100 Å². The van der Waals surface area contributed by atoms with Crippen molar-refractivity contribution in [2.75, 3.05) is 13.2 Å². The fourth-order valence-electron chi connectivity index (χ4n) is 2.99. The first-order valence-electron chi connectivity index (χ1n) is 5.71. The molecule has 5 heteroatoms. The summed E-state index contributed by atoms with van der Waals surface area (Å²) in [7, 11) is 0. The van der Waals surface area contributed by atoms with Crippen LogP contribution in [0, 0.1) is 16.7 Å². The molecule has 92 valence electrons. The molecule has 1 N–H and O–H groups in total. The molecule has 2 heterocycles. The van der Waals surface area contributed by atoms with Crippen molar-refractivity contribution in [3.8, 4) is 6.07 Å². The average molecular weight is 236 g/mol. The predicted molar refractivity (Wildman–Crippen MR) is 60.4 cm³/mol. The Morgan fingerprint density at radius 1 is 1.59 bits per heavy atom. The lowest BCUT2D eigenvalue weighted by Gasteiger charge is -2.50. The zero-order chi connectivity index (χ0) is 12.5. The largest absolute Gasteiger partial charge is 0.465 e. The molecule has 0 aromatic rings. The maximum Gasteiger partial charge on any atom is 0.407 e. The van der Waals surface area contributed by atoms with Crippen LogP contribution in [-0.2, 0) is 4.74 Å². The maximum absolute atomic E-state index is 11.2. The second-order valence-corrected chi connectivity index (χ2v) is 4.84. The highest BCUT2D eigenvalue weighted by Crippen LogP contribution is 2.43. The van der Waals surface area contributed by atoms with Gasteiger partial charge in [0, 0.05) is 11.8 Å². The minimum atomic E-state index is -0.891. The molecule has 2 atom stereocenters. The second kappa shape index (κ2) is 4.38. The number of nitrogens with zero attached hydrogens (tertiary/aromatic N) is 2. The van der Waals surface area contributed by atoms with Crippen LogP contribution in [0.4, 0.5) is 4.79 Å². The highest BCUT2D eigenvalue weighted by Gasteiger charge is 2.47. The zero-order valence-corrected chi connectivity index (χ0v) is 9.63. The summed E-state index contributed by atoms with van der Waals surface area (Å²) in [6, 6.07) is 1.89. The maximum atomic E-state index is 11.2. The third-order valence-corrected chi connectivity index (χ3v) is 3.78. The van der Waals surface area contributed by atoms with E-state index in [1.54, 1.807) is 0 Å². The summed E-state index contributed by atoms with van der Waals surface area (Å²) in [5, 5.41) is 18.1. The lowest BCUT2D eigenvalue weighted by molar-refractivity contribution is -0.0858. The summed E-state index contributed by atoms with van der Waals surface area (Å²) in [6.07, 6.45) is 2.59. The summed E-state index contributed by atoms with van der Waals surface area (Å²) >= 11 is 0. The number of rotatable bonds is 2. The summed E-state index contributed by atoms with van der Waals surface area (Å²) in [6.45, 7) is 4.66. The van der Waals surface area contributed by atoms with E-state index >= 15 is 0 Å². The zero-order valence-electron chi connectivity index (χ0n) is 9.63. The first kappa shape index (κ1) is 11.9. The molecule has 0 aromatic carbocycles. The first-order valence-corrected chi connectivity index (χ1v) is 5.71. The topological polar surface area (TPSA) is 73.6 Å². The third-order valence-electron chi connectivity index (χ3n) is 3.78. The molecule has 0 aromatic heterocycles. The quantitative estimate of drug-likeness (QED) is 0.739. The van der Waals surface area contributed by atoms with Gasteiger partial charge in [0.15, 0.2) is 0 Å². The molecule has 0 aliphatic carbocycles. The number of hydrogen-bond donors (Lipinski definition) is 1. The van der Waals surface area contributed by atoms with Gasteiger partial charge in [0.1, 0.15) is 0 Å². The van der Waals surface area contributed by atoms with Gasteiger partial charge >= 0.3 is 6.09 Å². The number of piperidine rings is 1. The minimum absolute atomic E-state index is 0.147. The summed E-state index contributed by atoms with van der Waals surface area (Å²) in [5.74, 6) is 0. The number of carboxylic acid groups (broad SMARTS) is 1. The van der Waals surface area contributed by atoms with E-state index in [0.29, 0.717) is 32.5 Å². The molecule has 2 saturated heterocycles. The van der Waals surface area contributed by atoms with E-state index in [0.717, 1.165) is 0 Å². The van der Waals surface area contributed by atoms with E-state index < -0.39 is 6.09 Å². The monoisotopic (exact) mass is 236 g/mol. The van der Waals surface area contributed by atoms with Gasteiger partial charge < -0.3 is 9.84 Å².